The predicted molar refractivity (Wildman–Crippen MR) is 86.3 cm³/mol. The van der Waals surface area contributed by atoms with Gasteiger partial charge in [-0.25, -0.2) is 9.97 Å². The van der Waals surface area contributed by atoms with Gasteiger partial charge in [-0.05, 0) is 24.6 Å². The summed E-state index contributed by atoms with van der Waals surface area (Å²) in [6, 6.07) is 9.19. The molecule has 1 amide bonds. The highest BCUT2D eigenvalue weighted by Gasteiger charge is 2.05. The Morgan fingerprint density at radius 1 is 1.27 bits per heavy atom. The van der Waals surface area contributed by atoms with Crippen LogP contribution in [0, 0.1) is 11.3 Å². The molecule has 7 heteroatoms. The van der Waals surface area contributed by atoms with Crippen LogP contribution in [-0.4, -0.2) is 29.0 Å². The highest BCUT2D eigenvalue weighted by atomic mass is 79.9. The van der Waals surface area contributed by atoms with Crippen LogP contribution in [0.5, 0.6) is 0 Å². The van der Waals surface area contributed by atoms with Crippen molar-refractivity contribution in [2.24, 2.45) is 0 Å². The van der Waals surface area contributed by atoms with E-state index in [1.165, 1.54) is 12.4 Å². The average molecular weight is 360 g/mol. The van der Waals surface area contributed by atoms with Crippen molar-refractivity contribution in [1.29, 1.82) is 5.26 Å². The molecule has 0 bridgehead atoms. The Kier molecular flexibility index (Phi) is 5.86. The number of hydrogen-bond acceptors (Lipinski definition) is 5. The van der Waals surface area contributed by atoms with Gasteiger partial charge in [0.05, 0.1) is 0 Å². The molecule has 0 unspecified atom stereocenters. The molecular formula is C15H14BrN5O. The Hall–Kier alpha value is -2.46. The summed E-state index contributed by atoms with van der Waals surface area (Å²) in [7, 11) is 0. The van der Waals surface area contributed by atoms with E-state index in [0.29, 0.717) is 30.9 Å². The molecule has 6 nitrogen and oxygen atoms in total. The van der Waals surface area contributed by atoms with Gasteiger partial charge in [0.15, 0.2) is 11.5 Å². The number of halogens is 1. The SMILES string of the molecule is N#Cc1nccnc1NCCCNC(=O)c1cccc(Br)c1. The van der Waals surface area contributed by atoms with Gasteiger partial charge in [-0.15, -0.1) is 0 Å². The van der Waals surface area contributed by atoms with Crippen molar-refractivity contribution in [2.75, 3.05) is 18.4 Å². The zero-order valence-corrected chi connectivity index (χ0v) is 13.3. The minimum Gasteiger partial charge on any atom is -0.368 e. The third-order valence-corrected chi connectivity index (χ3v) is 3.32. The highest BCUT2D eigenvalue weighted by Crippen LogP contribution is 2.11. The summed E-state index contributed by atoms with van der Waals surface area (Å²) in [5.74, 6) is 0.349. The van der Waals surface area contributed by atoms with Crippen LogP contribution in [0.3, 0.4) is 0 Å². The van der Waals surface area contributed by atoms with Crippen molar-refractivity contribution in [3.8, 4) is 6.07 Å². The number of nitriles is 1. The monoisotopic (exact) mass is 359 g/mol. The van der Waals surface area contributed by atoms with Crippen LogP contribution >= 0.6 is 15.9 Å². The van der Waals surface area contributed by atoms with Crippen LogP contribution in [0.15, 0.2) is 41.1 Å². The Bertz CT molecular complexity index is 698. The molecule has 0 radical (unpaired) electrons. The van der Waals surface area contributed by atoms with E-state index in [1.54, 1.807) is 12.1 Å². The van der Waals surface area contributed by atoms with Crippen molar-refractivity contribution in [2.45, 2.75) is 6.42 Å². The molecule has 0 fully saturated rings. The normalized spacial score (nSPS) is 9.82. The molecule has 0 atom stereocenters. The third-order valence-electron chi connectivity index (χ3n) is 2.82. The third kappa shape index (κ3) is 4.53. The van der Waals surface area contributed by atoms with Crippen molar-refractivity contribution in [3.05, 3.63) is 52.4 Å². The zero-order valence-electron chi connectivity index (χ0n) is 11.7. The van der Waals surface area contributed by atoms with Gasteiger partial charge in [-0.2, -0.15) is 5.26 Å². The quantitative estimate of drug-likeness (QED) is 0.772. The van der Waals surface area contributed by atoms with Crippen molar-refractivity contribution in [3.63, 3.8) is 0 Å². The van der Waals surface area contributed by atoms with Crippen LogP contribution < -0.4 is 10.6 Å². The molecule has 0 saturated heterocycles. The lowest BCUT2D eigenvalue weighted by Gasteiger charge is -2.07. The molecule has 0 spiro atoms. The predicted octanol–water partition coefficient (Wildman–Crippen LogP) is 2.34. The van der Waals surface area contributed by atoms with E-state index in [1.807, 2.05) is 18.2 Å². The molecule has 0 aliphatic heterocycles. The molecule has 112 valence electrons. The zero-order chi connectivity index (χ0) is 15.8. The van der Waals surface area contributed by atoms with Crippen LogP contribution in [0.1, 0.15) is 22.5 Å². The molecule has 1 aromatic carbocycles. The highest BCUT2D eigenvalue weighted by molar-refractivity contribution is 9.10. The van der Waals surface area contributed by atoms with E-state index < -0.39 is 0 Å². The van der Waals surface area contributed by atoms with Crippen LogP contribution in [0.2, 0.25) is 0 Å². The Balaban J connectivity index is 1.74. The second-order valence-corrected chi connectivity index (χ2v) is 5.33. The second-order valence-electron chi connectivity index (χ2n) is 4.41. The summed E-state index contributed by atoms with van der Waals surface area (Å²) in [6.45, 7) is 1.12. The van der Waals surface area contributed by atoms with Gasteiger partial charge in [0.2, 0.25) is 0 Å². The maximum Gasteiger partial charge on any atom is 0.251 e. The molecule has 1 heterocycles. The van der Waals surface area contributed by atoms with Gasteiger partial charge in [0.1, 0.15) is 6.07 Å². The van der Waals surface area contributed by atoms with Crippen LogP contribution in [-0.2, 0) is 0 Å². The van der Waals surface area contributed by atoms with Gasteiger partial charge in [0, 0.05) is 35.5 Å². The first-order valence-corrected chi connectivity index (χ1v) is 7.49. The first-order chi connectivity index (χ1) is 10.7. The van der Waals surface area contributed by atoms with E-state index in [2.05, 4.69) is 36.5 Å². The molecule has 0 aliphatic rings. The largest absolute Gasteiger partial charge is 0.368 e. The van der Waals surface area contributed by atoms with E-state index in [-0.39, 0.29) is 11.6 Å². The van der Waals surface area contributed by atoms with Crippen LogP contribution in [0.25, 0.3) is 0 Å². The van der Waals surface area contributed by atoms with Gasteiger partial charge in [0.25, 0.3) is 5.91 Å². The van der Waals surface area contributed by atoms with E-state index in [9.17, 15) is 4.79 Å². The van der Waals surface area contributed by atoms with Gasteiger partial charge in [-0.3, -0.25) is 4.79 Å². The van der Waals surface area contributed by atoms with E-state index in [0.717, 1.165) is 4.47 Å². The smallest absolute Gasteiger partial charge is 0.251 e. The van der Waals surface area contributed by atoms with Crippen LogP contribution in [0.4, 0.5) is 5.82 Å². The first-order valence-electron chi connectivity index (χ1n) is 6.69. The number of nitrogens with one attached hydrogen (secondary N) is 2. The second kappa shape index (κ2) is 8.10. The number of carbonyl (C=O) groups excluding carboxylic acids is 1. The molecule has 1 aromatic heterocycles. The van der Waals surface area contributed by atoms with Crippen molar-refractivity contribution in [1.82, 2.24) is 15.3 Å². The molecule has 0 saturated carbocycles. The lowest BCUT2D eigenvalue weighted by molar-refractivity contribution is 0.0953. The minimum atomic E-state index is -0.112. The number of carbonyl (C=O) groups is 1. The summed E-state index contributed by atoms with van der Waals surface area (Å²) >= 11 is 3.33. The number of anilines is 1. The van der Waals surface area contributed by atoms with Gasteiger partial charge < -0.3 is 10.6 Å². The van der Waals surface area contributed by atoms with Crippen molar-refractivity contribution >= 4 is 27.7 Å². The number of nitrogens with zero attached hydrogens (tertiary/aromatic N) is 3. The Morgan fingerprint density at radius 3 is 2.86 bits per heavy atom. The fraction of sp³-hybridized carbons (Fsp3) is 0.200. The maximum atomic E-state index is 11.9. The summed E-state index contributed by atoms with van der Waals surface area (Å²) in [6.07, 6.45) is 3.71. The molecule has 2 N–H and O–H groups in total. The summed E-state index contributed by atoms with van der Waals surface area (Å²) < 4.78 is 0.869. The first kappa shape index (κ1) is 15.9. The molecular weight excluding hydrogens is 346 g/mol. The standard InChI is InChI=1S/C15H14BrN5O/c16-12-4-1-3-11(9-12)15(22)21-6-2-5-19-14-13(10-17)18-7-8-20-14/h1,3-4,7-9H,2,5-6H2,(H,19,20)(H,21,22). The topological polar surface area (TPSA) is 90.7 Å². The summed E-state index contributed by atoms with van der Waals surface area (Å²) in [5.41, 5.74) is 0.878. The Morgan fingerprint density at radius 2 is 2.09 bits per heavy atom. The molecule has 2 rings (SSSR count). The van der Waals surface area contributed by atoms with Crippen molar-refractivity contribution < 1.29 is 4.79 Å². The lowest BCUT2D eigenvalue weighted by Crippen LogP contribution is -2.25. The lowest BCUT2D eigenvalue weighted by atomic mass is 10.2. The van der Waals surface area contributed by atoms with E-state index in [4.69, 9.17) is 5.26 Å². The molecule has 0 aliphatic carbocycles. The number of aromatic nitrogens is 2. The van der Waals surface area contributed by atoms with Gasteiger partial charge in [-0.1, -0.05) is 22.0 Å². The summed E-state index contributed by atoms with van der Waals surface area (Å²) in [4.78, 5) is 19.9. The molecule has 2 aromatic rings. The summed E-state index contributed by atoms with van der Waals surface area (Å²) in [5, 5.41) is 14.8. The number of amides is 1. The number of benzene rings is 1. The maximum absolute atomic E-state index is 11.9. The minimum absolute atomic E-state index is 0.112. The van der Waals surface area contributed by atoms with Gasteiger partial charge >= 0.3 is 0 Å². The number of hydrogen-bond donors (Lipinski definition) is 2. The fourth-order valence-electron chi connectivity index (χ4n) is 1.78. The average Bonchev–Trinajstić information content (AvgIpc) is 2.54. The Labute approximate surface area is 136 Å². The number of rotatable bonds is 6. The fourth-order valence-corrected chi connectivity index (χ4v) is 2.18. The molecule has 22 heavy (non-hydrogen) atoms. The van der Waals surface area contributed by atoms with E-state index >= 15 is 0 Å².